The van der Waals surface area contributed by atoms with Gasteiger partial charge in [-0.3, -0.25) is 37.3 Å². The van der Waals surface area contributed by atoms with E-state index in [1.54, 1.807) is 0 Å². The van der Waals surface area contributed by atoms with Gasteiger partial charge in [-0.05, 0) is 37.5 Å². The number of ether oxygens (including phenoxy) is 4. The average Bonchev–Trinajstić information content (AvgIpc) is 3.73. The second-order valence-corrected chi connectivity index (χ2v) is 29.8. The molecule has 0 bridgehead atoms. The summed E-state index contributed by atoms with van der Waals surface area (Å²) in [5, 5.41) is 10.6. The smallest absolute Gasteiger partial charge is 0.462 e. The molecule has 3 N–H and O–H groups in total. The minimum atomic E-state index is -4.95. The van der Waals surface area contributed by atoms with Crippen LogP contribution in [0.4, 0.5) is 0 Å². The zero-order chi connectivity index (χ0) is 67.2. The van der Waals surface area contributed by atoms with Crippen LogP contribution in [0.1, 0.15) is 369 Å². The van der Waals surface area contributed by atoms with Gasteiger partial charge in [0, 0.05) is 25.7 Å². The van der Waals surface area contributed by atoms with Crippen LogP contribution in [0.2, 0.25) is 0 Å². The van der Waals surface area contributed by atoms with Crippen LogP contribution in [0.3, 0.4) is 0 Å². The van der Waals surface area contributed by atoms with Gasteiger partial charge < -0.3 is 33.8 Å². The summed E-state index contributed by atoms with van der Waals surface area (Å²) in [5.41, 5.74) is 0. The van der Waals surface area contributed by atoms with Gasteiger partial charge in [0.25, 0.3) is 0 Å². The van der Waals surface area contributed by atoms with E-state index in [0.29, 0.717) is 31.6 Å². The zero-order valence-corrected chi connectivity index (χ0v) is 60.9. The molecule has 540 valence electrons. The Bertz CT molecular complexity index is 1770. The largest absolute Gasteiger partial charge is 0.472 e. The predicted molar refractivity (Wildman–Crippen MR) is 368 cm³/mol. The minimum absolute atomic E-state index is 0.104. The molecule has 0 saturated heterocycles. The molecule has 0 aliphatic heterocycles. The number of carbonyl (C=O) groups excluding carboxylic acids is 4. The van der Waals surface area contributed by atoms with Crippen molar-refractivity contribution in [1.29, 1.82) is 0 Å². The summed E-state index contributed by atoms with van der Waals surface area (Å²) in [4.78, 5) is 72.6. The number of carbonyl (C=O) groups is 4. The van der Waals surface area contributed by atoms with E-state index in [4.69, 9.17) is 37.0 Å². The molecular weight excluding hydrogens is 1200 g/mol. The van der Waals surface area contributed by atoms with Gasteiger partial charge in [-0.25, -0.2) is 9.13 Å². The average molecular weight is 1340 g/mol. The Morgan fingerprint density at radius 2 is 0.505 bits per heavy atom. The maximum Gasteiger partial charge on any atom is 0.472 e. The molecule has 0 radical (unpaired) electrons. The first-order valence-electron chi connectivity index (χ1n) is 37.5. The van der Waals surface area contributed by atoms with Gasteiger partial charge in [0.2, 0.25) is 0 Å². The van der Waals surface area contributed by atoms with Crippen molar-refractivity contribution < 1.29 is 80.2 Å². The molecule has 17 nitrogen and oxygen atoms in total. The van der Waals surface area contributed by atoms with Crippen LogP contribution in [0.15, 0.2) is 0 Å². The third kappa shape index (κ3) is 66.5. The first-order chi connectivity index (χ1) is 43.9. The lowest BCUT2D eigenvalue weighted by Gasteiger charge is -2.21. The highest BCUT2D eigenvalue weighted by Crippen LogP contribution is 2.45. The number of phosphoric acid groups is 2. The van der Waals surface area contributed by atoms with Crippen molar-refractivity contribution in [3.63, 3.8) is 0 Å². The topological polar surface area (TPSA) is 237 Å². The van der Waals surface area contributed by atoms with Crippen molar-refractivity contribution in [3.8, 4) is 0 Å². The standard InChI is InChI=1S/C72H140O17P2/c1-7-9-11-13-15-17-19-21-23-25-27-31-35-42-48-54-69(74)82-60-67(88-71(76)56-50-44-36-32-28-26-24-22-20-18-16-14-12-10-8-2)62-86-90(78,79)84-58-66(73)59-85-91(80,81)87-63-68(61-83-70(75)55-49-43-39-38-41-47-53-65(5)6)89-72(77)57-51-45-37-33-29-30-34-40-46-52-64(3)4/h64-68,73H,7-63H2,1-6H3,(H,78,79)(H,80,81)/t66-,67-,68-/m1/s1. The molecule has 5 atom stereocenters. The van der Waals surface area contributed by atoms with Crippen LogP contribution in [0, 0.1) is 11.8 Å². The summed E-state index contributed by atoms with van der Waals surface area (Å²) in [5.74, 6) is -0.706. The number of phosphoric ester groups is 2. The number of unbranched alkanes of at least 4 members (excludes halogenated alkanes) is 41. The summed E-state index contributed by atoms with van der Waals surface area (Å²) in [7, 11) is -9.90. The Hall–Kier alpha value is -1.94. The number of aliphatic hydroxyl groups is 1. The van der Waals surface area contributed by atoms with E-state index in [0.717, 1.165) is 102 Å². The lowest BCUT2D eigenvalue weighted by molar-refractivity contribution is -0.161. The van der Waals surface area contributed by atoms with Crippen LogP contribution in [0.25, 0.3) is 0 Å². The Morgan fingerprint density at radius 3 is 0.747 bits per heavy atom. The number of aliphatic hydroxyl groups excluding tert-OH is 1. The van der Waals surface area contributed by atoms with Gasteiger partial charge in [-0.1, -0.05) is 318 Å². The highest BCUT2D eigenvalue weighted by Gasteiger charge is 2.30. The first kappa shape index (κ1) is 89.1. The highest BCUT2D eigenvalue weighted by atomic mass is 31.2. The van der Waals surface area contributed by atoms with Gasteiger partial charge >= 0.3 is 39.5 Å². The van der Waals surface area contributed by atoms with Crippen LogP contribution >= 0.6 is 15.6 Å². The molecule has 0 rings (SSSR count). The molecule has 0 fully saturated rings. The van der Waals surface area contributed by atoms with Gasteiger partial charge in [0.1, 0.15) is 19.3 Å². The van der Waals surface area contributed by atoms with E-state index in [1.165, 1.54) is 180 Å². The van der Waals surface area contributed by atoms with Crippen molar-refractivity contribution in [2.45, 2.75) is 387 Å². The molecule has 0 saturated carbocycles. The second kappa shape index (κ2) is 64.1. The first-order valence-corrected chi connectivity index (χ1v) is 40.5. The molecule has 0 aliphatic rings. The SMILES string of the molecule is CCCCCCCCCCCCCCCCCC(=O)OC[C@H](COP(=O)(O)OC[C@@H](O)COP(=O)(O)OC[C@@H](COC(=O)CCCCCCCCC(C)C)OC(=O)CCCCCCCCCCCC(C)C)OC(=O)CCCCCCCCCCCCCCCCC. The summed E-state index contributed by atoms with van der Waals surface area (Å²) >= 11 is 0. The lowest BCUT2D eigenvalue weighted by atomic mass is 10.0. The van der Waals surface area contributed by atoms with Gasteiger partial charge in [-0.15, -0.1) is 0 Å². The fraction of sp³-hybridized carbons (Fsp3) is 0.944. The van der Waals surface area contributed by atoms with Crippen molar-refractivity contribution in [2.75, 3.05) is 39.6 Å². The van der Waals surface area contributed by atoms with E-state index < -0.39 is 97.5 Å². The van der Waals surface area contributed by atoms with Gasteiger partial charge in [-0.2, -0.15) is 0 Å². The van der Waals surface area contributed by atoms with Gasteiger partial charge in [0.15, 0.2) is 12.2 Å². The quantitative estimate of drug-likeness (QED) is 0.0222. The van der Waals surface area contributed by atoms with E-state index in [9.17, 15) is 43.2 Å². The lowest BCUT2D eigenvalue weighted by Crippen LogP contribution is -2.30. The molecule has 0 aromatic carbocycles. The van der Waals surface area contributed by atoms with E-state index >= 15 is 0 Å². The maximum atomic E-state index is 13.0. The molecule has 0 aromatic rings. The van der Waals surface area contributed by atoms with Crippen LogP contribution in [-0.2, 0) is 65.4 Å². The number of hydrogen-bond donors (Lipinski definition) is 3. The number of rotatable bonds is 71. The maximum absolute atomic E-state index is 13.0. The zero-order valence-electron chi connectivity index (χ0n) is 59.1. The molecule has 91 heavy (non-hydrogen) atoms. The monoisotopic (exact) mass is 1340 g/mol. The molecule has 0 aromatic heterocycles. The minimum Gasteiger partial charge on any atom is -0.462 e. The predicted octanol–water partition coefficient (Wildman–Crippen LogP) is 20.8. The molecule has 0 amide bonds. The molecular formula is C72H140O17P2. The fourth-order valence-electron chi connectivity index (χ4n) is 10.9. The molecule has 2 unspecified atom stereocenters. The number of hydrogen-bond acceptors (Lipinski definition) is 15. The van der Waals surface area contributed by atoms with Crippen LogP contribution in [0.5, 0.6) is 0 Å². The summed E-state index contributed by atoms with van der Waals surface area (Å²) in [6.07, 6.45) is 50.1. The second-order valence-electron chi connectivity index (χ2n) is 26.9. The van der Waals surface area contributed by atoms with Crippen molar-refractivity contribution in [3.05, 3.63) is 0 Å². The van der Waals surface area contributed by atoms with Crippen LogP contribution in [-0.4, -0.2) is 96.7 Å². The van der Waals surface area contributed by atoms with Crippen molar-refractivity contribution in [2.24, 2.45) is 11.8 Å². The third-order valence-electron chi connectivity index (χ3n) is 16.7. The van der Waals surface area contributed by atoms with E-state index in [2.05, 4.69) is 41.5 Å². The summed E-state index contributed by atoms with van der Waals surface area (Å²) < 4.78 is 68.3. The highest BCUT2D eigenvalue weighted by molar-refractivity contribution is 7.47. The Labute approximate surface area is 556 Å². The van der Waals surface area contributed by atoms with Crippen LogP contribution < -0.4 is 0 Å². The molecule has 0 heterocycles. The molecule has 0 aliphatic carbocycles. The summed E-state index contributed by atoms with van der Waals surface area (Å²) in [6.45, 7) is 9.46. The van der Waals surface area contributed by atoms with E-state index in [-0.39, 0.29) is 25.7 Å². The van der Waals surface area contributed by atoms with Crippen molar-refractivity contribution >= 4 is 39.5 Å². The Balaban J connectivity index is 5.24. The summed E-state index contributed by atoms with van der Waals surface area (Å²) in [6, 6.07) is 0. The van der Waals surface area contributed by atoms with Gasteiger partial charge in [0.05, 0.1) is 26.4 Å². The van der Waals surface area contributed by atoms with Crippen molar-refractivity contribution in [1.82, 2.24) is 0 Å². The fourth-order valence-corrected chi connectivity index (χ4v) is 12.5. The third-order valence-corrected chi connectivity index (χ3v) is 18.6. The van der Waals surface area contributed by atoms with E-state index in [1.807, 2.05) is 0 Å². The Kier molecular flexibility index (Phi) is 62.7. The Morgan fingerprint density at radius 1 is 0.297 bits per heavy atom. The molecule has 0 spiro atoms. The molecule has 19 heteroatoms. The normalized spacial score (nSPS) is 14.1. The number of esters is 4.